The van der Waals surface area contributed by atoms with Crippen molar-refractivity contribution in [3.05, 3.63) is 34.9 Å². The zero-order valence-corrected chi connectivity index (χ0v) is 12.4. The molecule has 2 bridgehead atoms. The second-order valence-corrected chi connectivity index (χ2v) is 8.11. The molecule has 116 valence electrons. The molecule has 3 rings (SSSR count). The average molecular weight is 318 g/mol. The zero-order valence-electron chi connectivity index (χ0n) is 11.6. The smallest absolute Gasteiger partial charge is 0.385 e. The summed E-state index contributed by atoms with van der Waals surface area (Å²) in [6, 6.07) is 4.03. The average Bonchev–Trinajstić information content (AvgIpc) is 2.61. The predicted octanol–water partition coefficient (Wildman–Crippen LogP) is 3.27. The molecule has 0 spiro atoms. The van der Waals surface area contributed by atoms with Gasteiger partial charge in [0.15, 0.2) is 0 Å². The quantitative estimate of drug-likeness (QED) is 0.863. The van der Waals surface area contributed by atoms with Crippen LogP contribution in [0.2, 0.25) is 0 Å². The molecule has 2 fully saturated rings. The third-order valence-electron chi connectivity index (χ3n) is 4.68. The molecule has 1 aromatic rings. The van der Waals surface area contributed by atoms with Crippen molar-refractivity contribution in [1.29, 1.82) is 0 Å². The molecule has 1 aromatic carbocycles. The molecule has 2 aliphatic heterocycles. The fraction of sp³-hybridized carbons (Fsp3) is 0.600. The molecule has 0 radical (unpaired) electrons. The van der Waals surface area contributed by atoms with Gasteiger partial charge in [-0.15, -0.1) is 0 Å². The number of fused-ring (bicyclic) bond motifs is 2. The summed E-state index contributed by atoms with van der Waals surface area (Å²) >= 11 is 0. The molecule has 6 heteroatoms. The van der Waals surface area contributed by atoms with Crippen molar-refractivity contribution in [2.24, 2.45) is 0 Å². The number of aliphatic hydroxyl groups is 1. The van der Waals surface area contributed by atoms with Crippen LogP contribution in [0.1, 0.15) is 42.4 Å². The number of halogens is 3. The van der Waals surface area contributed by atoms with Gasteiger partial charge in [-0.2, -0.15) is 13.2 Å². The van der Waals surface area contributed by atoms with Crippen LogP contribution in [-0.4, -0.2) is 19.8 Å². The monoisotopic (exact) mass is 318 g/mol. The summed E-state index contributed by atoms with van der Waals surface area (Å²) in [6.07, 6.45) is -2.27. The molecule has 2 aliphatic rings. The first kappa shape index (κ1) is 15.0. The van der Waals surface area contributed by atoms with E-state index in [2.05, 4.69) is 0 Å². The molecule has 0 amide bonds. The maximum absolute atomic E-state index is 13.0. The molecule has 2 heterocycles. The highest BCUT2D eigenvalue weighted by atomic mass is 32.2. The molecule has 0 aliphatic carbocycles. The number of aryl methyl sites for hydroxylation is 1. The lowest BCUT2D eigenvalue weighted by Crippen LogP contribution is -2.40. The van der Waals surface area contributed by atoms with Crippen LogP contribution in [0.25, 0.3) is 0 Å². The van der Waals surface area contributed by atoms with Crippen LogP contribution < -0.4 is 0 Å². The van der Waals surface area contributed by atoms with Gasteiger partial charge in [0.25, 0.3) is 0 Å². The number of benzene rings is 1. The molecule has 0 saturated carbocycles. The van der Waals surface area contributed by atoms with Crippen LogP contribution in [0.15, 0.2) is 18.2 Å². The third-order valence-corrected chi connectivity index (χ3v) is 6.80. The number of rotatable bonds is 1. The Morgan fingerprint density at radius 1 is 1.24 bits per heavy atom. The summed E-state index contributed by atoms with van der Waals surface area (Å²) in [4.78, 5) is 0. The van der Waals surface area contributed by atoms with Crippen molar-refractivity contribution in [3.8, 4) is 0 Å². The van der Waals surface area contributed by atoms with E-state index in [0.29, 0.717) is 5.56 Å². The molecular weight excluding hydrogens is 301 g/mol. The van der Waals surface area contributed by atoms with Gasteiger partial charge in [0.1, 0.15) is 0 Å². The lowest BCUT2D eigenvalue weighted by atomic mass is 9.84. The lowest BCUT2D eigenvalue weighted by molar-refractivity contribution is -0.138. The van der Waals surface area contributed by atoms with Crippen molar-refractivity contribution in [1.82, 2.24) is 0 Å². The van der Waals surface area contributed by atoms with Gasteiger partial charge < -0.3 is 5.11 Å². The molecule has 2 atom stereocenters. The lowest BCUT2D eigenvalue weighted by Gasteiger charge is -2.36. The van der Waals surface area contributed by atoms with Crippen molar-refractivity contribution < 1.29 is 22.5 Å². The van der Waals surface area contributed by atoms with Crippen molar-refractivity contribution in [2.75, 3.05) is 0 Å². The topological polar surface area (TPSA) is 37.3 Å². The number of hydrogen-bond donors (Lipinski definition) is 1. The summed E-state index contributed by atoms with van der Waals surface area (Å²) in [6.45, 7) is 1.41. The second-order valence-electron chi connectivity index (χ2n) is 6.12. The minimum absolute atomic E-state index is 0.0932. The van der Waals surface area contributed by atoms with Crippen LogP contribution in [0.5, 0.6) is 0 Å². The molecular formula is C15H17F3O2S. The van der Waals surface area contributed by atoms with E-state index in [1.807, 2.05) is 0 Å². The van der Waals surface area contributed by atoms with Gasteiger partial charge >= 0.3 is 6.18 Å². The van der Waals surface area contributed by atoms with Crippen LogP contribution in [-0.2, 0) is 22.6 Å². The summed E-state index contributed by atoms with van der Waals surface area (Å²) < 4.78 is 51.1. The minimum atomic E-state index is -4.42. The Hall–Kier alpha value is -0.880. The van der Waals surface area contributed by atoms with Gasteiger partial charge in [0.05, 0.1) is 11.2 Å². The Morgan fingerprint density at radius 2 is 1.81 bits per heavy atom. The largest absolute Gasteiger partial charge is 0.416 e. The van der Waals surface area contributed by atoms with Crippen LogP contribution in [0.4, 0.5) is 13.2 Å². The maximum Gasteiger partial charge on any atom is 0.416 e. The predicted molar refractivity (Wildman–Crippen MR) is 74.3 cm³/mol. The highest BCUT2D eigenvalue weighted by Crippen LogP contribution is 2.46. The molecule has 2 unspecified atom stereocenters. The fourth-order valence-corrected chi connectivity index (χ4v) is 5.69. The molecule has 0 aromatic heterocycles. The third kappa shape index (κ3) is 2.52. The molecule has 2 saturated heterocycles. The van der Waals surface area contributed by atoms with E-state index < -0.39 is 28.1 Å². The van der Waals surface area contributed by atoms with Gasteiger partial charge in [-0.25, -0.2) is 0 Å². The van der Waals surface area contributed by atoms with Crippen LogP contribution >= 0.6 is 0 Å². The SMILES string of the molecule is Cc1ccc(C2(O)CC3CCC(C2)S3=O)cc1C(F)(F)F. The normalized spacial score (nSPS) is 36.0. The Labute approximate surface area is 123 Å². The second kappa shape index (κ2) is 4.81. The Morgan fingerprint density at radius 3 is 2.33 bits per heavy atom. The first-order valence-electron chi connectivity index (χ1n) is 7.01. The van der Waals surface area contributed by atoms with Gasteiger partial charge in [-0.05, 0) is 49.8 Å². The Bertz CT molecular complexity index is 581. The summed E-state index contributed by atoms with van der Waals surface area (Å²) in [7, 11) is -0.948. The van der Waals surface area contributed by atoms with Gasteiger partial charge in [-0.1, -0.05) is 12.1 Å². The van der Waals surface area contributed by atoms with E-state index in [9.17, 15) is 22.5 Å². The molecule has 21 heavy (non-hydrogen) atoms. The summed E-state index contributed by atoms with van der Waals surface area (Å²) in [5, 5.41) is 10.6. The Kier molecular flexibility index (Phi) is 3.44. The van der Waals surface area contributed by atoms with Crippen molar-refractivity contribution in [2.45, 2.75) is 54.9 Å². The van der Waals surface area contributed by atoms with Crippen LogP contribution in [0, 0.1) is 6.92 Å². The minimum Gasteiger partial charge on any atom is -0.385 e. The van der Waals surface area contributed by atoms with E-state index in [1.165, 1.54) is 13.0 Å². The van der Waals surface area contributed by atoms with E-state index in [-0.39, 0.29) is 28.9 Å². The molecule has 1 N–H and O–H groups in total. The number of hydrogen-bond acceptors (Lipinski definition) is 2. The summed E-state index contributed by atoms with van der Waals surface area (Å²) in [5.74, 6) is 0. The van der Waals surface area contributed by atoms with E-state index in [1.54, 1.807) is 6.07 Å². The van der Waals surface area contributed by atoms with Gasteiger partial charge in [0.2, 0.25) is 0 Å². The Balaban J connectivity index is 1.99. The van der Waals surface area contributed by atoms with E-state index >= 15 is 0 Å². The molecule has 2 nitrogen and oxygen atoms in total. The van der Waals surface area contributed by atoms with E-state index in [0.717, 1.165) is 18.9 Å². The highest BCUT2D eigenvalue weighted by Gasteiger charge is 2.48. The highest BCUT2D eigenvalue weighted by molar-refractivity contribution is 7.86. The maximum atomic E-state index is 13.0. The zero-order chi connectivity index (χ0) is 15.4. The van der Waals surface area contributed by atoms with Gasteiger partial charge in [-0.3, -0.25) is 4.21 Å². The van der Waals surface area contributed by atoms with E-state index in [4.69, 9.17) is 0 Å². The first-order valence-corrected chi connectivity index (χ1v) is 8.28. The summed E-state index contributed by atoms with van der Waals surface area (Å²) in [5.41, 5.74) is -1.54. The fourth-order valence-electron chi connectivity index (χ4n) is 3.53. The van der Waals surface area contributed by atoms with Crippen LogP contribution in [0.3, 0.4) is 0 Å². The van der Waals surface area contributed by atoms with Crippen molar-refractivity contribution >= 4 is 10.8 Å². The number of alkyl halides is 3. The van der Waals surface area contributed by atoms with Crippen molar-refractivity contribution in [3.63, 3.8) is 0 Å². The first-order chi connectivity index (χ1) is 9.71. The van der Waals surface area contributed by atoms with Gasteiger partial charge in [0, 0.05) is 21.3 Å². The standard InChI is InChI=1S/C15H17F3O2S/c1-9-2-3-10(6-13(9)15(16,17)18)14(19)7-11-4-5-12(8-14)21(11)20/h2-3,6,11-12,19H,4-5,7-8H2,1H3.